The predicted octanol–water partition coefficient (Wildman–Crippen LogP) is 1.17. The van der Waals surface area contributed by atoms with E-state index in [1.54, 1.807) is 12.1 Å². The van der Waals surface area contributed by atoms with Crippen molar-refractivity contribution in [1.29, 1.82) is 0 Å². The highest BCUT2D eigenvalue weighted by Gasteiger charge is 2.40. The predicted molar refractivity (Wildman–Crippen MR) is 84.9 cm³/mol. The van der Waals surface area contributed by atoms with Crippen molar-refractivity contribution in [2.75, 3.05) is 6.79 Å². The van der Waals surface area contributed by atoms with Crippen LogP contribution in [-0.4, -0.2) is 43.1 Å². The number of carbonyl (C=O) groups excluding carboxylic acids is 2. The van der Waals surface area contributed by atoms with Crippen molar-refractivity contribution in [3.05, 3.63) is 52.6 Å². The number of nitrogens with one attached hydrogen (secondary N) is 1. The maximum atomic E-state index is 12.8. The largest absolute Gasteiger partial charge is 0.494 e. The van der Waals surface area contributed by atoms with E-state index in [1.807, 2.05) is 6.07 Å². The molecule has 0 atom stereocenters. The maximum Gasteiger partial charge on any atom is 0.231 e. The molecular formula is C17H11N3O6. The Bertz CT molecular complexity index is 1110. The molecule has 0 amide bonds. The molecule has 9 nitrogen and oxygen atoms in total. The summed E-state index contributed by atoms with van der Waals surface area (Å²) in [5.74, 6) is -1.04. The third kappa shape index (κ3) is 1.82. The van der Waals surface area contributed by atoms with E-state index < -0.39 is 23.3 Å². The number of aromatic amines is 1. The lowest BCUT2D eigenvalue weighted by atomic mass is 9.93. The first-order chi connectivity index (χ1) is 12.5. The first-order valence-corrected chi connectivity index (χ1v) is 7.71. The molecule has 3 aromatic rings. The molecule has 9 heteroatoms. The van der Waals surface area contributed by atoms with Crippen molar-refractivity contribution >= 4 is 11.6 Å². The minimum absolute atomic E-state index is 0.0578. The summed E-state index contributed by atoms with van der Waals surface area (Å²) >= 11 is 0. The minimum Gasteiger partial charge on any atom is -0.494 e. The van der Waals surface area contributed by atoms with Crippen molar-refractivity contribution in [1.82, 2.24) is 14.5 Å². The SMILES string of the molecule is O=C1c2ncn(Cc3ccc4c(c3)OCO4)c2C(=O)c2c(O)[nH]c(O)c21. The fourth-order valence-corrected chi connectivity index (χ4v) is 3.30. The Hall–Kier alpha value is -3.75. The molecule has 2 aromatic heterocycles. The molecule has 0 bridgehead atoms. The number of ketones is 2. The van der Waals surface area contributed by atoms with Crippen LogP contribution in [0.4, 0.5) is 0 Å². The van der Waals surface area contributed by atoms with Gasteiger partial charge in [-0.3, -0.25) is 14.6 Å². The van der Waals surface area contributed by atoms with Crippen molar-refractivity contribution in [3.8, 4) is 23.3 Å². The molecule has 2 aliphatic rings. The molecule has 0 radical (unpaired) electrons. The Morgan fingerprint density at radius 3 is 2.62 bits per heavy atom. The highest BCUT2D eigenvalue weighted by molar-refractivity contribution is 6.29. The first kappa shape index (κ1) is 14.6. The van der Waals surface area contributed by atoms with E-state index in [-0.39, 0.29) is 35.9 Å². The van der Waals surface area contributed by atoms with Crippen LogP contribution in [0.25, 0.3) is 0 Å². The zero-order chi connectivity index (χ0) is 18.0. The lowest BCUT2D eigenvalue weighted by molar-refractivity contribution is 0.0968. The molecule has 26 heavy (non-hydrogen) atoms. The Morgan fingerprint density at radius 1 is 1.08 bits per heavy atom. The van der Waals surface area contributed by atoms with Gasteiger partial charge in [0, 0.05) is 6.54 Å². The summed E-state index contributed by atoms with van der Waals surface area (Å²) in [4.78, 5) is 31.6. The van der Waals surface area contributed by atoms with Gasteiger partial charge in [-0.2, -0.15) is 0 Å². The summed E-state index contributed by atoms with van der Waals surface area (Å²) in [6.07, 6.45) is 1.38. The fraction of sp³-hybridized carbons (Fsp3) is 0.118. The lowest BCUT2D eigenvalue weighted by Crippen LogP contribution is -2.22. The molecule has 0 spiro atoms. The number of nitrogens with zero attached hydrogens (tertiary/aromatic N) is 2. The zero-order valence-electron chi connectivity index (χ0n) is 13.1. The number of hydrogen-bond acceptors (Lipinski definition) is 7. The van der Waals surface area contributed by atoms with Crippen molar-refractivity contribution in [2.24, 2.45) is 0 Å². The molecule has 1 aromatic carbocycles. The second kappa shape index (κ2) is 4.88. The van der Waals surface area contributed by atoms with Gasteiger partial charge in [-0.25, -0.2) is 4.98 Å². The van der Waals surface area contributed by atoms with Crippen molar-refractivity contribution < 1.29 is 29.3 Å². The minimum atomic E-state index is -0.618. The summed E-state index contributed by atoms with van der Waals surface area (Å²) in [5.41, 5.74) is 0.328. The summed E-state index contributed by atoms with van der Waals surface area (Å²) < 4.78 is 12.1. The van der Waals surface area contributed by atoms with Gasteiger partial charge in [0.15, 0.2) is 11.5 Å². The third-order valence-electron chi connectivity index (χ3n) is 4.47. The molecule has 3 N–H and O–H groups in total. The molecule has 0 saturated heterocycles. The molecular weight excluding hydrogens is 342 g/mol. The third-order valence-corrected chi connectivity index (χ3v) is 4.47. The van der Waals surface area contributed by atoms with Gasteiger partial charge in [-0.1, -0.05) is 6.07 Å². The molecule has 3 heterocycles. The lowest BCUT2D eigenvalue weighted by Gasteiger charge is -2.13. The van der Waals surface area contributed by atoms with Crippen LogP contribution in [0.1, 0.15) is 37.7 Å². The molecule has 5 rings (SSSR count). The van der Waals surface area contributed by atoms with E-state index in [9.17, 15) is 19.8 Å². The Labute approximate surface area is 145 Å². The van der Waals surface area contributed by atoms with E-state index in [2.05, 4.69) is 9.97 Å². The molecule has 0 unspecified atom stereocenters. The smallest absolute Gasteiger partial charge is 0.231 e. The van der Waals surface area contributed by atoms with Crippen LogP contribution in [0.15, 0.2) is 24.5 Å². The summed E-state index contributed by atoms with van der Waals surface area (Å²) in [5, 5.41) is 19.6. The monoisotopic (exact) mass is 353 g/mol. The Morgan fingerprint density at radius 2 is 1.81 bits per heavy atom. The van der Waals surface area contributed by atoms with E-state index >= 15 is 0 Å². The number of aromatic hydroxyl groups is 2. The number of benzene rings is 1. The van der Waals surface area contributed by atoms with Crippen LogP contribution in [-0.2, 0) is 6.54 Å². The summed E-state index contributed by atoms with van der Waals surface area (Å²) in [6, 6.07) is 5.37. The second-order valence-corrected chi connectivity index (χ2v) is 5.99. The number of rotatable bonds is 2. The van der Waals surface area contributed by atoms with Gasteiger partial charge >= 0.3 is 0 Å². The van der Waals surface area contributed by atoms with E-state index in [0.717, 1.165) is 5.56 Å². The van der Waals surface area contributed by atoms with Gasteiger partial charge in [0.25, 0.3) is 0 Å². The molecule has 0 saturated carbocycles. The summed E-state index contributed by atoms with van der Waals surface area (Å²) in [7, 11) is 0. The molecule has 1 aliphatic heterocycles. The van der Waals surface area contributed by atoms with Crippen LogP contribution in [0, 0.1) is 0 Å². The van der Waals surface area contributed by atoms with Gasteiger partial charge < -0.3 is 24.3 Å². The first-order valence-electron chi connectivity index (χ1n) is 7.71. The number of H-pyrrole nitrogens is 1. The second-order valence-electron chi connectivity index (χ2n) is 5.99. The van der Waals surface area contributed by atoms with Crippen molar-refractivity contribution in [3.63, 3.8) is 0 Å². The van der Waals surface area contributed by atoms with Crippen LogP contribution in [0.2, 0.25) is 0 Å². The van der Waals surface area contributed by atoms with E-state index in [0.29, 0.717) is 11.5 Å². The van der Waals surface area contributed by atoms with Crippen molar-refractivity contribution in [2.45, 2.75) is 6.54 Å². The number of carbonyl (C=O) groups is 2. The van der Waals surface area contributed by atoms with Crippen LogP contribution in [0.5, 0.6) is 23.3 Å². The van der Waals surface area contributed by atoms with E-state index in [4.69, 9.17) is 9.47 Å². The van der Waals surface area contributed by atoms with Crippen LogP contribution < -0.4 is 9.47 Å². The Balaban J connectivity index is 1.58. The number of imidazole rings is 1. The zero-order valence-corrected chi connectivity index (χ0v) is 13.1. The maximum absolute atomic E-state index is 12.8. The standard InChI is InChI=1S/C17H11N3O6/c21-14-10-11(17(24)19-16(10)23)15(22)13-12(14)18-5-20(13)4-7-1-2-8-9(3-7)26-6-25-8/h1-3,5,19,23-24H,4,6H2. The van der Waals surface area contributed by atoms with E-state index in [1.165, 1.54) is 10.9 Å². The summed E-state index contributed by atoms with van der Waals surface area (Å²) in [6.45, 7) is 0.426. The number of ether oxygens (including phenoxy) is 2. The molecule has 130 valence electrons. The highest BCUT2D eigenvalue weighted by atomic mass is 16.7. The van der Waals surface area contributed by atoms with Gasteiger partial charge in [-0.15, -0.1) is 0 Å². The highest BCUT2D eigenvalue weighted by Crippen LogP contribution is 2.38. The number of aromatic nitrogens is 3. The average Bonchev–Trinajstić information content (AvgIpc) is 3.30. The van der Waals surface area contributed by atoms with Crippen LogP contribution >= 0.6 is 0 Å². The van der Waals surface area contributed by atoms with Gasteiger partial charge in [-0.05, 0) is 17.7 Å². The topological polar surface area (TPSA) is 127 Å². The van der Waals surface area contributed by atoms with Crippen LogP contribution in [0.3, 0.4) is 0 Å². The fourth-order valence-electron chi connectivity index (χ4n) is 3.30. The normalized spacial score (nSPS) is 14.5. The number of hydrogen-bond donors (Lipinski definition) is 3. The quantitative estimate of drug-likeness (QED) is 0.494. The average molecular weight is 353 g/mol. The molecule has 1 aliphatic carbocycles. The van der Waals surface area contributed by atoms with Gasteiger partial charge in [0.05, 0.1) is 6.33 Å². The van der Waals surface area contributed by atoms with Gasteiger partial charge in [0.1, 0.15) is 22.5 Å². The van der Waals surface area contributed by atoms with Gasteiger partial charge in [0.2, 0.25) is 30.1 Å². The Kier molecular flexibility index (Phi) is 2.74. The molecule has 0 fully saturated rings. The number of fused-ring (bicyclic) bond motifs is 3.